The number of pyridine rings is 1. The first kappa shape index (κ1) is 22.9. The Bertz CT molecular complexity index is 1380. The van der Waals surface area contributed by atoms with Gasteiger partial charge in [0, 0.05) is 72.1 Å². The molecule has 1 saturated heterocycles. The number of rotatable bonds is 7. The average molecular weight is 479 g/mol. The topological polar surface area (TPSA) is 145 Å². The Labute approximate surface area is 200 Å². The predicted octanol–water partition coefficient (Wildman–Crippen LogP) is 2.38. The number of H-pyrrole nitrogens is 1. The fourth-order valence-corrected chi connectivity index (χ4v) is 5.52. The van der Waals surface area contributed by atoms with E-state index >= 15 is 0 Å². The van der Waals surface area contributed by atoms with Gasteiger partial charge >= 0.3 is 11.9 Å². The standard InChI is InChI=1S/C25H26N4O6/c30-21(6-7-23(32)33)27-16-4-5-19-17(9-16)18(10-26-19)24(25(34)35)28-11-14-8-15(13-28)20-2-1-3-22(31)29(20)12-14/h1-5,9-10,14-15,24,26H,6-8,11-13H2,(H,27,30)(H,32,33)(H,34,35)/t14-,15+,24+/m1/s1. The van der Waals surface area contributed by atoms with Gasteiger partial charge in [-0.2, -0.15) is 0 Å². The number of hydrogen-bond acceptors (Lipinski definition) is 5. The lowest BCUT2D eigenvalue weighted by molar-refractivity contribution is -0.145. The van der Waals surface area contributed by atoms with Crippen LogP contribution in [0, 0.1) is 5.92 Å². The van der Waals surface area contributed by atoms with Crippen molar-refractivity contribution in [2.45, 2.75) is 37.8 Å². The maximum atomic E-state index is 12.5. The summed E-state index contributed by atoms with van der Waals surface area (Å²) in [5.74, 6) is -2.18. The van der Waals surface area contributed by atoms with E-state index in [0.717, 1.165) is 17.6 Å². The van der Waals surface area contributed by atoms with Crippen LogP contribution in [-0.4, -0.2) is 55.6 Å². The highest BCUT2D eigenvalue weighted by Crippen LogP contribution is 2.40. The van der Waals surface area contributed by atoms with Crippen molar-refractivity contribution in [3.63, 3.8) is 0 Å². The number of amides is 1. The molecule has 0 aliphatic carbocycles. The van der Waals surface area contributed by atoms with Gasteiger partial charge in [-0.1, -0.05) is 6.07 Å². The molecule has 4 heterocycles. The molecule has 2 aromatic heterocycles. The average Bonchev–Trinajstić information content (AvgIpc) is 3.21. The third-order valence-corrected chi connectivity index (χ3v) is 6.97. The number of anilines is 1. The Kier molecular flexibility index (Phi) is 5.89. The van der Waals surface area contributed by atoms with Crippen molar-refractivity contribution < 1.29 is 24.6 Å². The minimum atomic E-state index is -1.05. The summed E-state index contributed by atoms with van der Waals surface area (Å²) >= 11 is 0. The molecule has 1 aromatic carbocycles. The van der Waals surface area contributed by atoms with Gasteiger partial charge in [0.2, 0.25) is 5.91 Å². The molecule has 4 N–H and O–H groups in total. The molecule has 35 heavy (non-hydrogen) atoms. The summed E-state index contributed by atoms with van der Waals surface area (Å²) in [5, 5.41) is 22.4. The Morgan fingerprint density at radius 2 is 1.91 bits per heavy atom. The number of carbonyl (C=O) groups excluding carboxylic acids is 1. The van der Waals surface area contributed by atoms with E-state index in [1.807, 2.05) is 15.5 Å². The molecule has 0 saturated carbocycles. The van der Waals surface area contributed by atoms with Crippen molar-refractivity contribution in [2.24, 2.45) is 5.92 Å². The number of piperidine rings is 1. The van der Waals surface area contributed by atoms with Gasteiger partial charge in [0.25, 0.3) is 5.56 Å². The Morgan fingerprint density at radius 1 is 1.09 bits per heavy atom. The van der Waals surface area contributed by atoms with Crippen LogP contribution in [0.4, 0.5) is 5.69 Å². The van der Waals surface area contributed by atoms with E-state index in [1.54, 1.807) is 36.5 Å². The molecule has 10 nitrogen and oxygen atoms in total. The molecule has 3 atom stereocenters. The summed E-state index contributed by atoms with van der Waals surface area (Å²) in [4.78, 5) is 52.8. The van der Waals surface area contributed by atoms with Gasteiger partial charge < -0.3 is 25.1 Å². The molecule has 1 fully saturated rings. The second-order valence-electron chi connectivity index (χ2n) is 9.34. The van der Waals surface area contributed by atoms with Gasteiger partial charge in [-0.05, 0) is 36.6 Å². The summed E-state index contributed by atoms with van der Waals surface area (Å²) in [7, 11) is 0. The van der Waals surface area contributed by atoms with Crippen molar-refractivity contribution in [2.75, 3.05) is 18.4 Å². The van der Waals surface area contributed by atoms with Crippen molar-refractivity contribution in [1.82, 2.24) is 14.5 Å². The van der Waals surface area contributed by atoms with Crippen molar-refractivity contribution in [3.8, 4) is 0 Å². The molecule has 0 unspecified atom stereocenters. The predicted molar refractivity (Wildman–Crippen MR) is 127 cm³/mol. The molecule has 3 aromatic rings. The highest BCUT2D eigenvalue weighted by molar-refractivity contribution is 5.96. The number of benzene rings is 1. The van der Waals surface area contributed by atoms with E-state index in [9.17, 15) is 24.3 Å². The number of carboxylic acids is 2. The number of nitrogens with one attached hydrogen (secondary N) is 2. The Morgan fingerprint density at radius 3 is 2.69 bits per heavy atom. The van der Waals surface area contributed by atoms with Crippen molar-refractivity contribution in [1.29, 1.82) is 0 Å². The number of likely N-dealkylation sites (tertiary alicyclic amines) is 1. The van der Waals surface area contributed by atoms with Gasteiger partial charge in [-0.15, -0.1) is 0 Å². The molecule has 0 spiro atoms. The zero-order chi connectivity index (χ0) is 24.7. The van der Waals surface area contributed by atoms with Gasteiger partial charge in [0.15, 0.2) is 0 Å². The van der Waals surface area contributed by atoms with Gasteiger partial charge in [-0.25, -0.2) is 0 Å². The highest BCUT2D eigenvalue weighted by atomic mass is 16.4. The zero-order valence-corrected chi connectivity index (χ0v) is 18.9. The summed E-state index contributed by atoms with van der Waals surface area (Å²) in [6, 6.07) is 9.55. The van der Waals surface area contributed by atoms with E-state index in [4.69, 9.17) is 5.11 Å². The van der Waals surface area contributed by atoms with Crippen LogP contribution in [0.5, 0.6) is 0 Å². The molecule has 182 valence electrons. The summed E-state index contributed by atoms with van der Waals surface area (Å²) in [6.07, 6.45) is 2.21. The summed E-state index contributed by atoms with van der Waals surface area (Å²) in [5.41, 5.74) is 2.74. The number of carbonyl (C=O) groups is 3. The SMILES string of the molecule is O=C(O)CCC(=O)Nc1ccc2[nH]cc([C@@H](C(=O)O)N3C[C@H]4C[C@@H](C3)c3cccc(=O)n3C4)c2c1. The van der Waals surface area contributed by atoms with Gasteiger partial charge in [0.05, 0.1) is 6.42 Å². The first-order valence-corrected chi connectivity index (χ1v) is 11.6. The fraction of sp³-hybridized carbons (Fsp3) is 0.360. The van der Waals surface area contributed by atoms with Crippen molar-refractivity contribution >= 4 is 34.4 Å². The van der Waals surface area contributed by atoms with Crippen LogP contribution >= 0.6 is 0 Å². The van der Waals surface area contributed by atoms with Crippen LogP contribution in [-0.2, 0) is 20.9 Å². The van der Waals surface area contributed by atoms with Gasteiger partial charge in [0.1, 0.15) is 6.04 Å². The lowest BCUT2D eigenvalue weighted by atomic mass is 9.82. The van der Waals surface area contributed by atoms with Crippen LogP contribution in [0.1, 0.15) is 42.5 Å². The molecule has 1 amide bonds. The lowest BCUT2D eigenvalue weighted by Crippen LogP contribution is -2.49. The first-order chi connectivity index (χ1) is 16.8. The number of carboxylic acid groups (broad SMARTS) is 2. The molecule has 0 radical (unpaired) electrons. The minimum absolute atomic E-state index is 0.0185. The maximum absolute atomic E-state index is 12.5. The molecule has 5 rings (SSSR count). The number of hydrogen-bond donors (Lipinski definition) is 4. The van der Waals surface area contributed by atoms with Crippen LogP contribution < -0.4 is 10.9 Å². The second-order valence-corrected chi connectivity index (χ2v) is 9.34. The number of aromatic nitrogens is 2. The number of aliphatic carboxylic acids is 2. The van der Waals surface area contributed by atoms with Crippen LogP contribution in [0.25, 0.3) is 10.9 Å². The molecule has 2 bridgehead atoms. The third kappa shape index (κ3) is 4.44. The zero-order valence-electron chi connectivity index (χ0n) is 18.9. The Hall–Kier alpha value is -3.92. The van der Waals surface area contributed by atoms with E-state index in [-0.39, 0.29) is 30.2 Å². The summed E-state index contributed by atoms with van der Waals surface area (Å²) < 4.78 is 1.82. The number of fused-ring (bicyclic) bond motifs is 5. The van der Waals surface area contributed by atoms with E-state index in [2.05, 4.69) is 10.3 Å². The smallest absolute Gasteiger partial charge is 0.325 e. The molecule has 10 heteroatoms. The molecular formula is C25H26N4O6. The fourth-order valence-electron chi connectivity index (χ4n) is 5.52. The van der Waals surface area contributed by atoms with E-state index in [0.29, 0.717) is 36.3 Å². The van der Waals surface area contributed by atoms with Crippen LogP contribution in [0.3, 0.4) is 0 Å². The monoisotopic (exact) mass is 478 g/mol. The first-order valence-electron chi connectivity index (χ1n) is 11.6. The van der Waals surface area contributed by atoms with Crippen LogP contribution in [0.15, 0.2) is 47.4 Å². The number of aromatic amines is 1. The lowest BCUT2D eigenvalue weighted by Gasteiger charge is -2.44. The van der Waals surface area contributed by atoms with Crippen LogP contribution in [0.2, 0.25) is 0 Å². The van der Waals surface area contributed by atoms with E-state index in [1.165, 1.54) is 0 Å². The quantitative estimate of drug-likeness (QED) is 0.408. The number of nitrogens with zero attached hydrogens (tertiary/aromatic N) is 2. The van der Waals surface area contributed by atoms with E-state index < -0.39 is 23.9 Å². The second kappa shape index (κ2) is 9.03. The molecule has 2 aliphatic heterocycles. The molecular weight excluding hydrogens is 452 g/mol. The minimum Gasteiger partial charge on any atom is -0.481 e. The summed E-state index contributed by atoms with van der Waals surface area (Å²) in [6.45, 7) is 1.66. The maximum Gasteiger partial charge on any atom is 0.325 e. The largest absolute Gasteiger partial charge is 0.481 e. The highest BCUT2D eigenvalue weighted by Gasteiger charge is 2.40. The molecule has 2 aliphatic rings. The normalized spacial score (nSPS) is 20.2. The Balaban J connectivity index is 1.43. The third-order valence-electron chi connectivity index (χ3n) is 6.97. The van der Waals surface area contributed by atoms with Gasteiger partial charge in [-0.3, -0.25) is 24.1 Å². The van der Waals surface area contributed by atoms with Crippen molar-refractivity contribution in [3.05, 3.63) is 64.2 Å².